The highest BCUT2D eigenvalue weighted by Crippen LogP contribution is 2.06. The fourth-order valence-corrected chi connectivity index (χ4v) is 2.75. The first-order chi connectivity index (χ1) is 13.6. The number of hydrogen-bond donors (Lipinski definition) is 3. The monoisotopic (exact) mass is 518 g/mol. The molecule has 8 heteroatoms. The van der Waals surface area contributed by atoms with E-state index >= 15 is 0 Å². The second-order valence-corrected chi connectivity index (χ2v) is 6.42. The van der Waals surface area contributed by atoms with Crippen LogP contribution in [0.3, 0.4) is 0 Å². The van der Waals surface area contributed by atoms with Crippen LogP contribution < -0.4 is 16.0 Å². The number of amides is 1. The van der Waals surface area contributed by atoms with E-state index in [1.54, 1.807) is 14.1 Å². The number of unbranched alkanes of at least 4 members (excludes halogenated alkanes) is 3. The average Bonchev–Trinajstić information content (AvgIpc) is 2.71. The number of benzene rings is 1. The Morgan fingerprint density at radius 2 is 1.79 bits per heavy atom. The van der Waals surface area contributed by atoms with Gasteiger partial charge in [-0.25, -0.2) is 0 Å². The Bertz CT molecular complexity index is 638. The Morgan fingerprint density at radius 1 is 1.07 bits per heavy atom. The van der Waals surface area contributed by atoms with Crippen LogP contribution in [-0.2, 0) is 16.0 Å². The van der Waals surface area contributed by atoms with Gasteiger partial charge in [-0.3, -0.25) is 14.6 Å². The minimum absolute atomic E-state index is 0. The van der Waals surface area contributed by atoms with Crippen molar-refractivity contribution < 1.29 is 14.3 Å². The molecule has 1 amide bonds. The van der Waals surface area contributed by atoms with Gasteiger partial charge in [0.25, 0.3) is 5.91 Å². The fraction of sp³-hybridized carbons (Fsp3) is 0.571. The first-order valence-electron chi connectivity index (χ1n) is 10.0. The molecule has 3 N–H and O–H groups in total. The van der Waals surface area contributed by atoms with Gasteiger partial charge in [0.2, 0.25) is 0 Å². The smallest absolute Gasteiger partial charge is 0.305 e. The van der Waals surface area contributed by atoms with Gasteiger partial charge in [-0.2, -0.15) is 0 Å². The van der Waals surface area contributed by atoms with Crippen LogP contribution in [0.5, 0.6) is 0 Å². The van der Waals surface area contributed by atoms with Gasteiger partial charge < -0.3 is 20.7 Å². The zero-order chi connectivity index (χ0) is 20.6. The Hall–Kier alpha value is -1.84. The molecule has 1 aromatic carbocycles. The summed E-state index contributed by atoms with van der Waals surface area (Å²) >= 11 is 0. The van der Waals surface area contributed by atoms with E-state index in [2.05, 4.69) is 20.9 Å². The largest absolute Gasteiger partial charge is 0.466 e. The molecule has 29 heavy (non-hydrogen) atoms. The number of guanidine groups is 1. The van der Waals surface area contributed by atoms with Crippen molar-refractivity contribution in [3.8, 4) is 0 Å². The molecule has 0 saturated heterocycles. The van der Waals surface area contributed by atoms with Gasteiger partial charge in [0.1, 0.15) is 0 Å². The molecule has 0 aromatic heterocycles. The van der Waals surface area contributed by atoms with Crippen LogP contribution in [0.15, 0.2) is 29.3 Å². The van der Waals surface area contributed by atoms with Gasteiger partial charge >= 0.3 is 5.97 Å². The molecule has 0 aliphatic heterocycles. The number of esters is 1. The summed E-state index contributed by atoms with van der Waals surface area (Å²) in [5, 5.41) is 9.22. The van der Waals surface area contributed by atoms with Gasteiger partial charge in [-0.15, -0.1) is 24.0 Å². The lowest BCUT2D eigenvalue weighted by Crippen LogP contribution is -2.38. The molecule has 0 bridgehead atoms. The van der Waals surface area contributed by atoms with E-state index in [0.717, 1.165) is 56.7 Å². The Morgan fingerprint density at radius 3 is 2.48 bits per heavy atom. The summed E-state index contributed by atoms with van der Waals surface area (Å²) in [6.07, 6.45) is 5.30. The zero-order valence-electron chi connectivity index (χ0n) is 17.8. The van der Waals surface area contributed by atoms with Crippen LogP contribution >= 0.6 is 24.0 Å². The standard InChI is InChI=1S/C21H34N4O3.HI/c1-4-28-19(26)12-7-5-6-8-14-24-21(23-3)25-15-13-17-10-9-11-18(16-17)20(27)22-2;/h9-11,16H,4-8,12-15H2,1-3H3,(H,22,27)(H2,23,24,25);1H. The molecule has 0 aliphatic carbocycles. The highest BCUT2D eigenvalue weighted by Gasteiger charge is 2.04. The maximum absolute atomic E-state index is 11.7. The number of aliphatic imine (C=N–C) groups is 1. The number of halogens is 1. The van der Waals surface area contributed by atoms with Crippen molar-refractivity contribution in [1.29, 1.82) is 0 Å². The maximum Gasteiger partial charge on any atom is 0.305 e. The topological polar surface area (TPSA) is 91.8 Å². The molecule has 7 nitrogen and oxygen atoms in total. The Balaban J connectivity index is 0.00000784. The van der Waals surface area contributed by atoms with Crippen LogP contribution in [0.4, 0.5) is 0 Å². The third-order valence-electron chi connectivity index (χ3n) is 4.25. The van der Waals surface area contributed by atoms with Gasteiger partial charge in [-0.05, 0) is 43.9 Å². The summed E-state index contributed by atoms with van der Waals surface area (Å²) in [6, 6.07) is 7.63. The second kappa shape index (κ2) is 17.1. The summed E-state index contributed by atoms with van der Waals surface area (Å²) in [5.41, 5.74) is 1.77. The summed E-state index contributed by atoms with van der Waals surface area (Å²) in [7, 11) is 3.38. The van der Waals surface area contributed by atoms with Gasteiger partial charge in [-0.1, -0.05) is 25.0 Å². The van der Waals surface area contributed by atoms with E-state index in [1.165, 1.54) is 0 Å². The Labute approximate surface area is 191 Å². The van der Waals surface area contributed by atoms with Gasteiger partial charge in [0.05, 0.1) is 6.61 Å². The average molecular weight is 518 g/mol. The normalized spacial score (nSPS) is 10.7. The lowest BCUT2D eigenvalue weighted by Gasteiger charge is -2.12. The predicted molar refractivity (Wildman–Crippen MR) is 128 cm³/mol. The predicted octanol–water partition coefficient (Wildman–Crippen LogP) is 2.89. The van der Waals surface area contributed by atoms with Crippen LogP contribution in [0.1, 0.15) is 54.9 Å². The highest BCUT2D eigenvalue weighted by atomic mass is 127. The number of nitrogens with zero attached hydrogens (tertiary/aromatic N) is 1. The molecule has 0 fully saturated rings. The van der Waals surface area contributed by atoms with Crippen LogP contribution in [-0.4, -0.2) is 51.6 Å². The van der Waals surface area contributed by atoms with E-state index in [1.807, 2.05) is 31.2 Å². The van der Waals surface area contributed by atoms with E-state index in [9.17, 15) is 9.59 Å². The SMILES string of the molecule is CCOC(=O)CCCCCCNC(=NC)NCCc1cccc(C(=O)NC)c1.I. The number of ether oxygens (including phenoxy) is 1. The molecule has 0 radical (unpaired) electrons. The lowest BCUT2D eigenvalue weighted by molar-refractivity contribution is -0.143. The van der Waals surface area contributed by atoms with Crippen molar-refractivity contribution in [2.45, 2.75) is 45.4 Å². The van der Waals surface area contributed by atoms with Crippen molar-refractivity contribution in [3.05, 3.63) is 35.4 Å². The molecular weight excluding hydrogens is 483 g/mol. The molecule has 0 aliphatic rings. The van der Waals surface area contributed by atoms with E-state index in [0.29, 0.717) is 18.6 Å². The van der Waals surface area contributed by atoms with Crippen LogP contribution in [0, 0.1) is 0 Å². The molecule has 1 rings (SSSR count). The molecule has 0 heterocycles. The molecule has 164 valence electrons. The van der Waals surface area contributed by atoms with E-state index < -0.39 is 0 Å². The molecular formula is C21H35IN4O3. The summed E-state index contributed by atoms with van der Waals surface area (Å²) in [5.74, 6) is 0.592. The molecule has 0 unspecified atom stereocenters. The van der Waals surface area contributed by atoms with Crippen molar-refractivity contribution in [3.63, 3.8) is 0 Å². The van der Waals surface area contributed by atoms with Crippen LogP contribution in [0.2, 0.25) is 0 Å². The number of carbonyl (C=O) groups is 2. The maximum atomic E-state index is 11.7. The second-order valence-electron chi connectivity index (χ2n) is 6.42. The Kier molecular flexibility index (Phi) is 16.0. The third kappa shape index (κ3) is 12.4. The summed E-state index contributed by atoms with van der Waals surface area (Å²) in [6.45, 7) is 3.85. The summed E-state index contributed by atoms with van der Waals surface area (Å²) in [4.78, 5) is 27.2. The summed E-state index contributed by atoms with van der Waals surface area (Å²) < 4.78 is 4.91. The number of rotatable bonds is 12. The number of nitrogens with one attached hydrogen (secondary N) is 3. The first kappa shape index (κ1) is 27.2. The van der Waals surface area contributed by atoms with Gasteiger partial charge in [0.15, 0.2) is 5.96 Å². The fourth-order valence-electron chi connectivity index (χ4n) is 2.75. The molecule has 1 aromatic rings. The van der Waals surface area contributed by atoms with Crippen LogP contribution in [0.25, 0.3) is 0 Å². The molecule has 0 saturated carbocycles. The number of carbonyl (C=O) groups excluding carboxylic acids is 2. The molecule has 0 spiro atoms. The minimum atomic E-state index is -0.105. The van der Waals surface area contributed by atoms with Crippen molar-refractivity contribution in [2.24, 2.45) is 4.99 Å². The van der Waals surface area contributed by atoms with E-state index in [4.69, 9.17) is 4.74 Å². The zero-order valence-corrected chi connectivity index (χ0v) is 20.1. The third-order valence-corrected chi connectivity index (χ3v) is 4.25. The molecule has 0 atom stereocenters. The quantitative estimate of drug-likeness (QED) is 0.130. The van der Waals surface area contributed by atoms with Crippen molar-refractivity contribution >= 4 is 41.8 Å². The van der Waals surface area contributed by atoms with Gasteiger partial charge in [0, 0.05) is 39.2 Å². The first-order valence-corrected chi connectivity index (χ1v) is 10.0. The lowest BCUT2D eigenvalue weighted by atomic mass is 10.1. The minimum Gasteiger partial charge on any atom is -0.466 e. The number of hydrogen-bond acceptors (Lipinski definition) is 4. The van der Waals surface area contributed by atoms with Crippen molar-refractivity contribution in [2.75, 3.05) is 33.8 Å². The highest BCUT2D eigenvalue weighted by molar-refractivity contribution is 14.0. The van der Waals surface area contributed by atoms with E-state index in [-0.39, 0.29) is 35.9 Å². The van der Waals surface area contributed by atoms with Crippen molar-refractivity contribution in [1.82, 2.24) is 16.0 Å².